The Bertz CT molecular complexity index is 514. The van der Waals surface area contributed by atoms with E-state index in [1.807, 2.05) is 0 Å². The second-order valence-corrected chi connectivity index (χ2v) is 5.23. The monoisotopic (exact) mass is 272 g/mol. The zero-order valence-electron chi connectivity index (χ0n) is 11.8. The van der Waals surface area contributed by atoms with Gasteiger partial charge >= 0.3 is 0 Å². The molecule has 1 aromatic rings. The zero-order chi connectivity index (χ0) is 14.4. The molecule has 0 spiro atoms. The molecular weight excluding hydrogens is 252 g/mol. The predicted octanol–water partition coefficient (Wildman–Crippen LogP) is 3.48. The highest BCUT2D eigenvalue weighted by Crippen LogP contribution is 2.30. The summed E-state index contributed by atoms with van der Waals surface area (Å²) in [5, 5.41) is 11.9. The third-order valence-electron chi connectivity index (χ3n) is 3.89. The van der Waals surface area contributed by atoms with Gasteiger partial charge in [0, 0.05) is 6.42 Å². The van der Waals surface area contributed by atoms with Gasteiger partial charge in [0.25, 0.3) is 0 Å². The molecule has 0 radical (unpaired) electrons. The molecule has 0 saturated heterocycles. The van der Waals surface area contributed by atoms with Crippen LogP contribution >= 0.6 is 0 Å². The molecule has 106 valence electrons. The van der Waals surface area contributed by atoms with Crippen molar-refractivity contribution in [2.75, 3.05) is 12.4 Å². The molecule has 0 bridgehead atoms. The molecule has 0 heterocycles. The molecule has 0 aromatic heterocycles. The van der Waals surface area contributed by atoms with E-state index < -0.39 is 0 Å². The lowest BCUT2D eigenvalue weighted by Gasteiger charge is -2.13. The number of carbonyl (C=O) groups excluding carboxylic acids is 1. The Labute approximate surface area is 119 Å². The van der Waals surface area contributed by atoms with Crippen molar-refractivity contribution < 1.29 is 9.53 Å². The van der Waals surface area contributed by atoms with Gasteiger partial charge in [0.05, 0.1) is 12.7 Å². The molecule has 0 aliphatic heterocycles. The first kappa shape index (κ1) is 14.4. The summed E-state index contributed by atoms with van der Waals surface area (Å²) >= 11 is 0. The van der Waals surface area contributed by atoms with Crippen LogP contribution in [0.1, 0.15) is 44.1 Å². The van der Waals surface area contributed by atoms with Crippen LogP contribution in [0.5, 0.6) is 5.75 Å². The molecule has 1 fully saturated rings. The summed E-state index contributed by atoms with van der Waals surface area (Å²) in [6, 6.07) is 7.24. The molecule has 1 amide bonds. The van der Waals surface area contributed by atoms with Gasteiger partial charge in [0.1, 0.15) is 17.5 Å². The van der Waals surface area contributed by atoms with E-state index in [1.54, 1.807) is 18.2 Å². The lowest BCUT2D eigenvalue weighted by atomic mass is 10.0. The number of nitrogens with one attached hydrogen (secondary N) is 1. The number of nitriles is 1. The van der Waals surface area contributed by atoms with Crippen molar-refractivity contribution in [2.24, 2.45) is 5.92 Å². The maximum Gasteiger partial charge on any atom is 0.224 e. The first-order valence-electron chi connectivity index (χ1n) is 7.11. The molecule has 1 aliphatic carbocycles. The van der Waals surface area contributed by atoms with Crippen LogP contribution in [0.2, 0.25) is 0 Å². The number of ether oxygens (including phenoxy) is 1. The Morgan fingerprint density at radius 2 is 2.20 bits per heavy atom. The number of hydrogen-bond donors (Lipinski definition) is 1. The summed E-state index contributed by atoms with van der Waals surface area (Å²) in [5.74, 6) is 1.17. The summed E-state index contributed by atoms with van der Waals surface area (Å²) < 4.78 is 5.20. The van der Waals surface area contributed by atoms with Crippen LogP contribution < -0.4 is 10.1 Å². The highest BCUT2D eigenvalue weighted by Gasteiger charge is 2.17. The summed E-state index contributed by atoms with van der Waals surface area (Å²) in [4.78, 5) is 12.0. The van der Waals surface area contributed by atoms with Crippen molar-refractivity contribution in [3.05, 3.63) is 23.8 Å². The van der Waals surface area contributed by atoms with Crippen LogP contribution in [0.3, 0.4) is 0 Å². The van der Waals surface area contributed by atoms with Crippen LogP contribution in [0, 0.1) is 17.2 Å². The SMILES string of the molecule is COc1cccc(C#N)c1NC(=O)CCC1CCCC1. The predicted molar refractivity (Wildman–Crippen MR) is 77.5 cm³/mol. The lowest BCUT2D eigenvalue weighted by molar-refractivity contribution is -0.116. The minimum atomic E-state index is -0.0436. The topological polar surface area (TPSA) is 62.1 Å². The van der Waals surface area contributed by atoms with Gasteiger partial charge in [-0.1, -0.05) is 31.7 Å². The number of nitrogens with zero attached hydrogens (tertiary/aromatic N) is 1. The van der Waals surface area contributed by atoms with Crippen LogP contribution in [-0.4, -0.2) is 13.0 Å². The highest BCUT2D eigenvalue weighted by atomic mass is 16.5. The fourth-order valence-electron chi connectivity index (χ4n) is 2.76. The van der Waals surface area contributed by atoms with E-state index in [4.69, 9.17) is 10.00 Å². The Morgan fingerprint density at radius 1 is 1.45 bits per heavy atom. The van der Waals surface area contributed by atoms with Gasteiger partial charge in [-0.2, -0.15) is 5.26 Å². The first-order valence-corrected chi connectivity index (χ1v) is 7.11. The van der Waals surface area contributed by atoms with E-state index in [9.17, 15) is 4.79 Å². The minimum absolute atomic E-state index is 0.0436. The summed E-state index contributed by atoms with van der Waals surface area (Å²) in [7, 11) is 1.53. The number of rotatable bonds is 5. The van der Waals surface area contributed by atoms with E-state index in [0.717, 1.165) is 6.42 Å². The number of benzene rings is 1. The third kappa shape index (κ3) is 3.51. The van der Waals surface area contributed by atoms with Gasteiger partial charge in [-0.3, -0.25) is 4.79 Å². The Morgan fingerprint density at radius 3 is 2.85 bits per heavy atom. The molecular formula is C16H20N2O2. The van der Waals surface area contributed by atoms with Gasteiger partial charge in [0.15, 0.2) is 0 Å². The van der Waals surface area contributed by atoms with Gasteiger partial charge in [-0.05, 0) is 24.5 Å². The molecule has 1 N–H and O–H groups in total. The van der Waals surface area contributed by atoms with E-state index in [1.165, 1.54) is 32.8 Å². The fourth-order valence-corrected chi connectivity index (χ4v) is 2.76. The van der Waals surface area contributed by atoms with Crippen LogP contribution in [-0.2, 0) is 4.79 Å². The lowest BCUT2D eigenvalue weighted by Crippen LogP contribution is -2.14. The van der Waals surface area contributed by atoms with Crippen LogP contribution in [0.15, 0.2) is 18.2 Å². The fraction of sp³-hybridized carbons (Fsp3) is 0.500. The van der Waals surface area contributed by atoms with Gasteiger partial charge in [-0.25, -0.2) is 0 Å². The second-order valence-electron chi connectivity index (χ2n) is 5.23. The molecule has 4 heteroatoms. The molecule has 20 heavy (non-hydrogen) atoms. The molecule has 1 aromatic carbocycles. The summed E-state index contributed by atoms with van der Waals surface area (Å²) in [6.07, 6.45) is 6.50. The quantitative estimate of drug-likeness (QED) is 0.892. The minimum Gasteiger partial charge on any atom is -0.495 e. The number of methoxy groups -OCH3 is 1. The maximum atomic E-state index is 12.0. The first-order chi connectivity index (χ1) is 9.74. The van der Waals surface area contributed by atoms with E-state index in [0.29, 0.717) is 29.3 Å². The highest BCUT2D eigenvalue weighted by molar-refractivity contribution is 5.93. The van der Waals surface area contributed by atoms with Crippen molar-refractivity contribution in [1.29, 1.82) is 5.26 Å². The zero-order valence-corrected chi connectivity index (χ0v) is 11.8. The molecule has 1 aliphatic rings. The molecule has 2 rings (SSSR count). The number of para-hydroxylation sites is 1. The van der Waals surface area contributed by atoms with Gasteiger partial charge in [-0.15, -0.1) is 0 Å². The smallest absolute Gasteiger partial charge is 0.224 e. The number of hydrogen-bond acceptors (Lipinski definition) is 3. The molecule has 0 unspecified atom stereocenters. The van der Waals surface area contributed by atoms with Crippen molar-refractivity contribution >= 4 is 11.6 Å². The van der Waals surface area contributed by atoms with Crippen LogP contribution in [0.4, 0.5) is 5.69 Å². The number of amides is 1. The summed E-state index contributed by atoms with van der Waals surface area (Å²) in [6.45, 7) is 0. The standard InChI is InChI=1S/C16H20N2O2/c1-20-14-8-4-7-13(11-17)16(14)18-15(19)10-9-12-5-2-3-6-12/h4,7-8,12H,2-3,5-6,9-10H2,1H3,(H,18,19). The Balaban J connectivity index is 1.98. The average Bonchev–Trinajstić information content (AvgIpc) is 2.98. The largest absolute Gasteiger partial charge is 0.495 e. The summed E-state index contributed by atoms with van der Waals surface area (Å²) in [5.41, 5.74) is 0.910. The van der Waals surface area contributed by atoms with Crippen molar-refractivity contribution in [3.8, 4) is 11.8 Å². The Hall–Kier alpha value is -2.02. The van der Waals surface area contributed by atoms with E-state index in [-0.39, 0.29) is 5.91 Å². The van der Waals surface area contributed by atoms with Gasteiger partial charge in [0.2, 0.25) is 5.91 Å². The van der Waals surface area contributed by atoms with E-state index in [2.05, 4.69) is 11.4 Å². The third-order valence-corrected chi connectivity index (χ3v) is 3.89. The van der Waals surface area contributed by atoms with E-state index >= 15 is 0 Å². The average molecular weight is 272 g/mol. The van der Waals surface area contributed by atoms with Gasteiger partial charge < -0.3 is 10.1 Å². The van der Waals surface area contributed by atoms with Crippen LogP contribution in [0.25, 0.3) is 0 Å². The molecule has 1 saturated carbocycles. The molecule has 0 atom stereocenters. The normalized spacial score (nSPS) is 14.8. The number of anilines is 1. The molecule has 4 nitrogen and oxygen atoms in total. The van der Waals surface area contributed by atoms with Crippen molar-refractivity contribution in [3.63, 3.8) is 0 Å². The Kier molecular flexibility index (Phi) is 5.00. The number of carbonyl (C=O) groups is 1. The van der Waals surface area contributed by atoms with Crippen molar-refractivity contribution in [2.45, 2.75) is 38.5 Å². The van der Waals surface area contributed by atoms with Crippen molar-refractivity contribution in [1.82, 2.24) is 0 Å². The second kappa shape index (κ2) is 6.95. The maximum absolute atomic E-state index is 12.0.